The highest BCUT2D eigenvalue weighted by atomic mass is 19.1. The lowest BCUT2D eigenvalue weighted by Crippen LogP contribution is -2.50. The molecular formula is C51H60FN9O6. The Morgan fingerprint density at radius 2 is 1.69 bits per heavy atom. The molecule has 0 bridgehead atoms. The number of fused-ring (bicyclic) bond motifs is 1. The lowest BCUT2D eigenvalue weighted by molar-refractivity contribution is -0.120. The highest BCUT2D eigenvalue weighted by Gasteiger charge is 2.39. The largest absolute Gasteiger partial charge is 0.495 e. The van der Waals surface area contributed by atoms with Crippen LogP contribution in [0.1, 0.15) is 73.9 Å². The number of aromatic amines is 1. The number of benzene rings is 3. The van der Waals surface area contributed by atoms with Crippen LogP contribution in [0.2, 0.25) is 0 Å². The Bertz CT molecular complexity index is 2670. The van der Waals surface area contributed by atoms with E-state index < -0.39 is 18.0 Å². The Labute approximate surface area is 390 Å². The fraction of sp³-hybridized carbons (Fsp3) is 0.451. The first-order valence-corrected chi connectivity index (χ1v) is 23.5. The molecular weight excluding hydrogens is 854 g/mol. The van der Waals surface area contributed by atoms with Crippen LogP contribution in [-0.2, 0) is 11.2 Å². The molecule has 4 fully saturated rings. The van der Waals surface area contributed by atoms with Crippen molar-refractivity contribution in [3.63, 3.8) is 0 Å². The summed E-state index contributed by atoms with van der Waals surface area (Å²) in [6.07, 6.45) is 6.92. The third kappa shape index (κ3) is 9.73. The van der Waals surface area contributed by atoms with Crippen molar-refractivity contribution in [1.82, 2.24) is 35.0 Å². The number of anilines is 2. The van der Waals surface area contributed by atoms with Gasteiger partial charge in [-0.1, -0.05) is 38.1 Å². The summed E-state index contributed by atoms with van der Waals surface area (Å²) in [6, 6.07) is 17.5. The van der Waals surface area contributed by atoms with E-state index in [1.54, 1.807) is 23.1 Å². The first-order chi connectivity index (χ1) is 32.3. The van der Waals surface area contributed by atoms with E-state index in [4.69, 9.17) is 4.74 Å². The second-order valence-corrected chi connectivity index (χ2v) is 19.3. The van der Waals surface area contributed by atoms with E-state index in [2.05, 4.69) is 68.6 Å². The van der Waals surface area contributed by atoms with Gasteiger partial charge in [-0.3, -0.25) is 19.8 Å². The van der Waals surface area contributed by atoms with Crippen molar-refractivity contribution >= 4 is 46.3 Å². The number of β-amino-alcohol motifs (C(OH)–C–C–N with tert-alkyl or cyclic N) is 1. The molecule has 5 aromatic rings. The SMILES string of the molecule is COc1ccc(C(=O)N2CCC3(CCN(CCc4ccc(-c5cc6c(-c7cc(F)cc(NC(=O)N8C[C@H](CC(C)C)[C@@H](O)C8)c7C)ncnc6[nH]5)cc4)CC3)CC2)cc1N1CCC(=O)NC1=O. The van der Waals surface area contributed by atoms with Gasteiger partial charge in [0.05, 0.1) is 24.6 Å². The second-order valence-electron chi connectivity index (χ2n) is 19.3. The van der Waals surface area contributed by atoms with Crippen molar-refractivity contribution in [1.29, 1.82) is 0 Å². The number of methoxy groups -OCH3 is 1. The molecule has 3 aromatic carbocycles. The molecule has 15 nitrogen and oxygen atoms in total. The normalized spacial score (nSPS) is 20.0. The molecule has 6 heterocycles. The Kier molecular flexibility index (Phi) is 13.0. The first kappa shape index (κ1) is 45.8. The van der Waals surface area contributed by atoms with Crippen molar-refractivity contribution in [2.75, 3.05) is 69.7 Å². The fourth-order valence-electron chi connectivity index (χ4n) is 10.5. The van der Waals surface area contributed by atoms with E-state index in [9.17, 15) is 24.3 Å². The average Bonchev–Trinajstić information content (AvgIpc) is 3.93. The third-order valence-electron chi connectivity index (χ3n) is 14.5. The van der Waals surface area contributed by atoms with Gasteiger partial charge >= 0.3 is 12.1 Å². The summed E-state index contributed by atoms with van der Waals surface area (Å²) in [4.78, 5) is 71.4. The standard InChI is InChI=1S/C51H60FN9O6/c1-31(2)23-36-28-60(29-43(36)62)49(65)56-40-26-37(52)25-38(32(40)3)46-39-27-41(55-47(39)54-30-53-46)34-7-5-33(6-8-34)11-17-58-19-13-51(14-20-58)15-21-59(22-16-51)48(64)35-9-10-44(67-4)42(24-35)61-18-12-45(63)57-50(61)66/h5-10,24-27,30-31,36,43,62H,11-23,28-29H2,1-4H3,(H,56,65)(H,53,54,55)(H,57,63,66)/t36-,43-/m0/s1. The van der Waals surface area contributed by atoms with Crippen molar-refractivity contribution in [3.8, 4) is 28.3 Å². The van der Waals surface area contributed by atoms with Gasteiger partial charge in [0.25, 0.3) is 5.91 Å². The number of urea groups is 2. The summed E-state index contributed by atoms with van der Waals surface area (Å²) >= 11 is 0. The minimum atomic E-state index is -0.585. The number of hydrogen-bond donors (Lipinski definition) is 4. The van der Waals surface area contributed by atoms with E-state index in [0.29, 0.717) is 70.7 Å². The van der Waals surface area contributed by atoms with Crippen LogP contribution in [0.15, 0.2) is 67.0 Å². The second kappa shape index (κ2) is 19.1. The number of likely N-dealkylation sites (tertiary alicyclic amines) is 3. The van der Waals surface area contributed by atoms with E-state index in [-0.39, 0.29) is 48.7 Å². The van der Waals surface area contributed by atoms with E-state index >= 15 is 4.39 Å². The van der Waals surface area contributed by atoms with Crippen LogP contribution in [0.3, 0.4) is 0 Å². The Hall–Kier alpha value is -6.39. The monoisotopic (exact) mass is 913 g/mol. The lowest BCUT2D eigenvalue weighted by atomic mass is 9.71. The maximum Gasteiger partial charge on any atom is 0.328 e. The number of carbonyl (C=O) groups is 4. The quantitative estimate of drug-likeness (QED) is 0.104. The molecule has 9 rings (SSSR count). The van der Waals surface area contributed by atoms with Crippen molar-refractivity contribution in [2.24, 2.45) is 17.3 Å². The number of nitrogens with zero attached hydrogens (tertiary/aromatic N) is 6. The minimum absolute atomic E-state index is 0.00965. The summed E-state index contributed by atoms with van der Waals surface area (Å²) < 4.78 is 20.7. The number of aliphatic hydroxyl groups excluding tert-OH is 1. The van der Waals surface area contributed by atoms with Crippen LogP contribution in [0.4, 0.5) is 25.4 Å². The zero-order chi connectivity index (χ0) is 47.0. The van der Waals surface area contributed by atoms with E-state index in [0.717, 1.165) is 74.8 Å². The highest BCUT2D eigenvalue weighted by Crippen LogP contribution is 2.42. The molecule has 0 saturated carbocycles. The number of H-pyrrole nitrogens is 1. The predicted molar refractivity (Wildman–Crippen MR) is 254 cm³/mol. The van der Waals surface area contributed by atoms with Crippen LogP contribution in [0.5, 0.6) is 5.75 Å². The van der Waals surface area contributed by atoms with E-state index in [1.165, 1.54) is 36.0 Å². The summed E-state index contributed by atoms with van der Waals surface area (Å²) in [5, 5.41) is 16.6. The molecule has 2 atom stereocenters. The van der Waals surface area contributed by atoms with Crippen LogP contribution in [0, 0.1) is 30.0 Å². The Balaban J connectivity index is 0.782. The van der Waals surface area contributed by atoms with Crippen LogP contribution >= 0.6 is 0 Å². The van der Waals surface area contributed by atoms with Gasteiger partial charge < -0.3 is 34.8 Å². The molecule has 4 saturated heterocycles. The molecule has 67 heavy (non-hydrogen) atoms. The number of nitrogens with one attached hydrogen (secondary N) is 3. The number of amides is 6. The summed E-state index contributed by atoms with van der Waals surface area (Å²) in [5.74, 6) is -0.00264. The van der Waals surface area contributed by atoms with Crippen molar-refractivity contribution < 1.29 is 33.4 Å². The summed E-state index contributed by atoms with van der Waals surface area (Å²) in [6.45, 7) is 11.3. The van der Waals surface area contributed by atoms with Gasteiger partial charge in [-0.15, -0.1) is 0 Å². The summed E-state index contributed by atoms with van der Waals surface area (Å²) in [7, 11) is 1.52. The molecule has 4 N–H and O–H groups in total. The fourth-order valence-corrected chi connectivity index (χ4v) is 10.5. The van der Waals surface area contributed by atoms with Crippen molar-refractivity contribution in [3.05, 3.63) is 89.5 Å². The van der Waals surface area contributed by atoms with Gasteiger partial charge in [0.15, 0.2) is 0 Å². The third-order valence-corrected chi connectivity index (χ3v) is 14.5. The van der Waals surface area contributed by atoms with Crippen molar-refractivity contribution in [2.45, 2.75) is 71.8 Å². The Morgan fingerprint density at radius 1 is 0.940 bits per heavy atom. The zero-order valence-electron chi connectivity index (χ0n) is 38.7. The van der Waals surface area contributed by atoms with Gasteiger partial charge in [-0.2, -0.15) is 0 Å². The number of rotatable bonds is 11. The molecule has 0 radical (unpaired) electrons. The average molecular weight is 914 g/mol. The summed E-state index contributed by atoms with van der Waals surface area (Å²) in [5.41, 5.74) is 7.06. The smallest absolute Gasteiger partial charge is 0.328 e. The first-order valence-electron chi connectivity index (χ1n) is 23.5. The van der Waals surface area contributed by atoms with Crippen LogP contribution in [0.25, 0.3) is 33.5 Å². The molecule has 0 unspecified atom stereocenters. The van der Waals surface area contributed by atoms with Gasteiger partial charge in [0.2, 0.25) is 5.91 Å². The molecule has 16 heteroatoms. The number of aliphatic hydroxyl groups is 1. The van der Waals surface area contributed by atoms with Crippen LogP contribution in [-0.4, -0.2) is 124 Å². The van der Waals surface area contributed by atoms with Crippen LogP contribution < -0.4 is 20.3 Å². The van der Waals surface area contributed by atoms with Gasteiger partial charge in [0, 0.05) is 79.5 Å². The molecule has 4 aliphatic heterocycles. The molecule has 6 amide bonds. The molecule has 2 aromatic heterocycles. The maximum absolute atomic E-state index is 15.2. The minimum Gasteiger partial charge on any atom is -0.495 e. The number of halogens is 1. The van der Waals surface area contributed by atoms with Gasteiger partial charge in [0.1, 0.15) is 23.5 Å². The number of hydrogen-bond acceptors (Lipinski definition) is 9. The maximum atomic E-state index is 15.2. The lowest BCUT2D eigenvalue weighted by Gasteiger charge is -2.47. The molecule has 0 aliphatic carbocycles. The molecule has 1 spiro atoms. The number of carbonyl (C=O) groups excluding carboxylic acids is 4. The predicted octanol–water partition coefficient (Wildman–Crippen LogP) is 7.63. The highest BCUT2D eigenvalue weighted by molar-refractivity contribution is 6.07. The Morgan fingerprint density at radius 3 is 2.40 bits per heavy atom. The number of aromatic nitrogens is 3. The number of piperidine rings is 2. The van der Waals surface area contributed by atoms with Gasteiger partial charge in [-0.05, 0) is 123 Å². The number of imide groups is 1. The van der Waals surface area contributed by atoms with Gasteiger partial charge in [-0.25, -0.2) is 23.9 Å². The molecule has 352 valence electrons. The van der Waals surface area contributed by atoms with E-state index in [1.807, 2.05) is 17.9 Å². The zero-order valence-corrected chi connectivity index (χ0v) is 38.7. The molecule has 4 aliphatic rings. The number of ether oxygens (including phenoxy) is 1. The topological polar surface area (TPSA) is 176 Å².